The summed E-state index contributed by atoms with van der Waals surface area (Å²) >= 11 is 0. The number of amides is 2. The maximum absolute atomic E-state index is 11.8. The van der Waals surface area contributed by atoms with E-state index in [1.54, 1.807) is 0 Å². The Balaban J connectivity index is 1.88. The van der Waals surface area contributed by atoms with Crippen molar-refractivity contribution >= 4 is 11.7 Å². The van der Waals surface area contributed by atoms with Gasteiger partial charge in [-0.15, -0.1) is 0 Å². The molecule has 0 heterocycles. The number of hydrogen-bond donors (Lipinski definition) is 3. The Kier molecular flexibility index (Phi) is 4.10. The number of aliphatic hydroxyl groups excluding tert-OH is 1. The van der Waals surface area contributed by atoms with Crippen LogP contribution in [0.4, 0.5) is 10.5 Å². The van der Waals surface area contributed by atoms with E-state index in [1.807, 2.05) is 18.2 Å². The van der Waals surface area contributed by atoms with Gasteiger partial charge in [0, 0.05) is 17.6 Å². The van der Waals surface area contributed by atoms with E-state index in [4.69, 9.17) is 0 Å². The van der Waals surface area contributed by atoms with Gasteiger partial charge in [0.05, 0.1) is 6.61 Å². The summed E-state index contributed by atoms with van der Waals surface area (Å²) in [7, 11) is 0. The molecule has 0 radical (unpaired) electrons. The summed E-state index contributed by atoms with van der Waals surface area (Å²) in [5.74, 6) is 0. The Bertz CT molecular complexity index is 467. The van der Waals surface area contributed by atoms with Crippen molar-refractivity contribution in [1.29, 1.82) is 0 Å². The maximum Gasteiger partial charge on any atom is 0.319 e. The summed E-state index contributed by atoms with van der Waals surface area (Å²) in [6, 6.07) is 5.73. The van der Waals surface area contributed by atoms with E-state index >= 15 is 0 Å². The van der Waals surface area contributed by atoms with Crippen molar-refractivity contribution in [3.05, 3.63) is 29.3 Å². The van der Waals surface area contributed by atoms with Crippen molar-refractivity contribution in [2.24, 2.45) is 5.41 Å². The first-order valence-electron chi connectivity index (χ1n) is 6.84. The number of aliphatic hydroxyl groups is 1. The van der Waals surface area contributed by atoms with Gasteiger partial charge in [-0.3, -0.25) is 0 Å². The molecule has 1 aliphatic rings. The molecular weight excluding hydrogens is 240 g/mol. The van der Waals surface area contributed by atoms with Crippen molar-refractivity contribution in [3.63, 3.8) is 0 Å². The van der Waals surface area contributed by atoms with Crippen LogP contribution in [0, 0.1) is 12.3 Å². The van der Waals surface area contributed by atoms with Crippen molar-refractivity contribution in [3.8, 4) is 0 Å². The summed E-state index contributed by atoms with van der Waals surface area (Å²) in [5.41, 5.74) is 3.24. The molecule has 0 spiro atoms. The number of anilines is 1. The highest BCUT2D eigenvalue weighted by molar-refractivity contribution is 5.89. The zero-order chi connectivity index (χ0) is 13.9. The van der Waals surface area contributed by atoms with Gasteiger partial charge in [0.15, 0.2) is 0 Å². The van der Waals surface area contributed by atoms with Crippen LogP contribution in [0.3, 0.4) is 0 Å². The minimum Gasteiger partial charge on any atom is -0.396 e. The maximum atomic E-state index is 11.8. The van der Waals surface area contributed by atoms with Gasteiger partial charge in [-0.25, -0.2) is 4.79 Å². The van der Waals surface area contributed by atoms with Crippen LogP contribution in [-0.2, 0) is 6.42 Å². The largest absolute Gasteiger partial charge is 0.396 e. The van der Waals surface area contributed by atoms with Crippen LogP contribution in [0.1, 0.15) is 30.9 Å². The lowest BCUT2D eigenvalue weighted by Crippen LogP contribution is -2.35. The topological polar surface area (TPSA) is 61.4 Å². The molecule has 1 saturated carbocycles. The molecule has 2 rings (SSSR count). The van der Waals surface area contributed by atoms with Crippen molar-refractivity contribution in [2.45, 2.75) is 33.1 Å². The fourth-order valence-corrected chi connectivity index (χ4v) is 2.14. The zero-order valence-corrected chi connectivity index (χ0v) is 11.6. The Morgan fingerprint density at radius 2 is 2.16 bits per heavy atom. The van der Waals surface area contributed by atoms with Gasteiger partial charge in [-0.05, 0) is 49.4 Å². The number of urea groups is 1. The van der Waals surface area contributed by atoms with Crippen LogP contribution in [0.2, 0.25) is 0 Å². The van der Waals surface area contributed by atoms with Gasteiger partial charge in [-0.1, -0.05) is 13.0 Å². The Hall–Kier alpha value is -1.55. The van der Waals surface area contributed by atoms with Gasteiger partial charge in [-0.2, -0.15) is 0 Å². The fraction of sp³-hybridized carbons (Fsp3) is 0.533. The average molecular weight is 262 g/mol. The predicted octanol–water partition coefficient (Wildman–Crippen LogP) is 2.45. The second-order valence-electron chi connectivity index (χ2n) is 5.46. The summed E-state index contributed by atoms with van der Waals surface area (Å²) in [5, 5.41) is 14.8. The molecule has 0 saturated heterocycles. The lowest BCUT2D eigenvalue weighted by atomic mass is 10.1. The molecule has 0 aromatic heterocycles. The van der Waals surface area contributed by atoms with Crippen LogP contribution in [0.15, 0.2) is 18.2 Å². The fourth-order valence-electron chi connectivity index (χ4n) is 2.14. The van der Waals surface area contributed by atoms with Crippen molar-refractivity contribution < 1.29 is 9.90 Å². The summed E-state index contributed by atoms with van der Waals surface area (Å²) < 4.78 is 0. The molecule has 1 fully saturated rings. The SMILES string of the molecule is CCc1cc(NC(=O)NCC2(CO)CC2)ccc1C. The first-order valence-corrected chi connectivity index (χ1v) is 6.84. The van der Waals surface area contributed by atoms with Gasteiger partial charge >= 0.3 is 6.03 Å². The molecular formula is C15H22N2O2. The number of aryl methyl sites for hydroxylation is 2. The van der Waals surface area contributed by atoms with Gasteiger partial charge in [0.1, 0.15) is 0 Å². The zero-order valence-electron chi connectivity index (χ0n) is 11.6. The van der Waals surface area contributed by atoms with Crippen molar-refractivity contribution in [2.75, 3.05) is 18.5 Å². The van der Waals surface area contributed by atoms with Gasteiger partial charge in [0.25, 0.3) is 0 Å². The number of rotatable bonds is 5. The molecule has 3 N–H and O–H groups in total. The molecule has 4 heteroatoms. The quantitative estimate of drug-likeness (QED) is 0.763. The third-order valence-corrected chi connectivity index (χ3v) is 3.90. The Morgan fingerprint density at radius 1 is 1.42 bits per heavy atom. The number of carbonyl (C=O) groups is 1. The second-order valence-corrected chi connectivity index (χ2v) is 5.46. The molecule has 1 aliphatic carbocycles. The van der Waals surface area contributed by atoms with E-state index in [0.29, 0.717) is 6.54 Å². The number of benzene rings is 1. The lowest BCUT2D eigenvalue weighted by molar-refractivity contribution is 0.206. The van der Waals surface area contributed by atoms with E-state index in [2.05, 4.69) is 24.5 Å². The Morgan fingerprint density at radius 3 is 2.74 bits per heavy atom. The molecule has 1 aromatic rings. The number of hydrogen-bond acceptors (Lipinski definition) is 2. The third kappa shape index (κ3) is 3.47. The lowest BCUT2D eigenvalue weighted by Gasteiger charge is -2.14. The summed E-state index contributed by atoms with van der Waals surface area (Å²) in [4.78, 5) is 11.8. The van der Waals surface area contributed by atoms with Crippen LogP contribution in [0.5, 0.6) is 0 Å². The Labute approximate surface area is 114 Å². The average Bonchev–Trinajstić information content (AvgIpc) is 3.19. The highest BCUT2D eigenvalue weighted by atomic mass is 16.3. The van der Waals surface area contributed by atoms with Crippen LogP contribution in [-0.4, -0.2) is 24.3 Å². The van der Waals surface area contributed by atoms with E-state index in [1.165, 1.54) is 11.1 Å². The van der Waals surface area contributed by atoms with Crippen molar-refractivity contribution in [1.82, 2.24) is 5.32 Å². The second kappa shape index (κ2) is 5.61. The van der Waals surface area contributed by atoms with Gasteiger partial charge < -0.3 is 15.7 Å². The first kappa shape index (κ1) is 13.9. The summed E-state index contributed by atoms with van der Waals surface area (Å²) in [6.07, 6.45) is 2.94. The normalized spacial score (nSPS) is 15.9. The smallest absolute Gasteiger partial charge is 0.319 e. The number of nitrogens with one attached hydrogen (secondary N) is 2. The molecule has 1 aromatic carbocycles. The molecule has 104 valence electrons. The monoisotopic (exact) mass is 262 g/mol. The minimum atomic E-state index is -0.203. The molecule has 0 atom stereocenters. The minimum absolute atomic E-state index is 0.0564. The third-order valence-electron chi connectivity index (χ3n) is 3.90. The molecule has 0 aliphatic heterocycles. The molecule has 4 nitrogen and oxygen atoms in total. The molecule has 0 bridgehead atoms. The van der Waals surface area contributed by atoms with Crippen LogP contribution >= 0.6 is 0 Å². The van der Waals surface area contributed by atoms with E-state index in [0.717, 1.165) is 24.9 Å². The summed E-state index contributed by atoms with van der Waals surface area (Å²) in [6.45, 7) is 4.87. The van der Waals surface area contributed by atoms with Crippen LogP contribution in [0.25, 0.3) is 0 Å². The van der Waals surface area contributed by atoms with Crippen LogP contribution < -0.4 is 10.6 Å². The van der Waals surface area contributed by atoms with E-state index in [-0.39, 0.29) is 18.1 Å². The highest BCUT2D eigenvalue weighted by Crippen LogP contribution is 2.44. The molecule has 2 amide bonds. The van der Waals surface area contributed by atoms with E-state index in [9.17, 15) is 9.90 Å². The molecule has 0 unspecified atom stereocenters. The highest BCUT2D eigenvalue weighted by Gasteiger charge is 2.42. The van der Waals surface area contributed by atoms with E-state index < -0.39 is 0 Å². The van der Waals surface area contributed by atoms with Gasteiger partial charge in [0.2, 0.25) is 0 Å². The predicted molar refractivity (Wildman–Crippen MR) is 76.3 cm³/mol. The molecule has 19 heavy (non-hydrogen) atoms. The standard InChI is InChI=1S/C15H22N2O2/c1-3-12-8-13(5-4-11(12)2)17-14(19)16-9-15(10-18)6-7-15/h4-5,8,18H,3,6-7,9-10H2,1-2H3,(H2,16,17,19). The number of carbonyl (C=O) groups excluding carboxylic acids is 1. The first-order chi connectivity index (χ1) is 9.08.